The van der Waals surface area contributed by atoms with Gasteiger partial charge in [-0.2, -0.15) is 0 Å². The normalized spacial score (nSPS) is 11.8. The van der Waals surface area contributed by atoms with Gasteiger partial charge in [0.2, 0.25) is 0 Å². The van der Waals surface area contributed by atoms with Gasteiger partial charge in [-0.3, -0.25) is 9.59 Å². The average Bonchev–Trinajstić information content (AvgIpc) is 2.45. The number of methoxy groups -OCH3 is 1. The molecule has 0 aromatic heterocycles. The zero-order valence-electron chi connectivity index (χ0n) is 12.3. The second kappa shape index (κ2) is 8.35. The predicted octanol–water partition coefficient (Wildman–Crippen LogP) is 2.79. The number of Topliss-reactive ketones (excluding diaryl/α,β-unsaturated/α-hetero) is 1. The Hall–Kier alpha value is -1.84. The van der Waals surface area contributed by atoms with E-state index in [0.29, 0.717) is 18.8 Å². The summed E-state index contributed by atoms with van der Waals surface area (Å²) in [5.74, 6) is -0.547. The summed E-state index contributed by atoms with van der Waals surface area (Å²) in [7, 11) is 1.57. The minimum atomic E-state index is -0.676. The molecule has 4 heteroatoms. The quantitative estimate of drug-likeness (QED) is 0.542. The van der Waals surface area contributed by atoms with Crippen molar-refractivity contribution in [3.05, 3.63) is 29.8 Å². The molecule has 1 rings (SSSR count). The molecule has 0 spiro atoms. The van der Waals surface area contributed by atoms with Crippen LogP contribution in [0.1, 0.15) is 32.3 Å². The van der Waals surface area contributed by atoms with Crippen LogP contribution in [0.4, 0.5) is 0 Å². The lowest BCUT2D eigenvalue weighted by atomic mass is 9.93. The maximum atomic E-state index is 12.3. The maximum absolute atomic E-state index is 12.3. The minimum absolute atomic E-state index is 0.116. The zero-order valence-corrected chi connectivity index (χ0v) is 12.3. The molecule has 0 saturated heterocycles. The SMILES string of the molecule is CCCC(C(=O)Cc1ccccc1OC)C(=O)OCC. The molecular formula is C16H22O4. The minimum Gasteiger partial charge on any atom is -0.496 e. The van der Waals surface area contributed by atoms with Crippen LogP contribution in [0.15, 0.2) is 24.3 Å². The van der Waals surface area contributed by atoms with Crippen molar-refractivity contribution in [1.82, 2.24) is 0 Å². The van der Waals surface area contributed by atoms with Crippen molar-refractivity contribution < 1.29 is 19.1 Å². The van der Waals surface area contributed by atoms with Gasteiger partial charge in [0.15, 0.2) is 5.78 Å². The van der Waals surface area contributed by atoms with Gasteiger partial charge in [-0.25, -0.2) is 0 Å². The van der Waals surface area contributed by atoms with Crippen LogP contribution in [0.2, 0.25) is 0 Å². The fraction of sp³-hybridized carbons (Fsp3) is 0.500. The molecule has 0 amide bonds. The molecule has 1 aromatic carbocycles. The molecule has 4 nitrogen and oxygen atoms in total. The van der Waals surface area contributed by atoms with Crippen molar-refractivity contribution in [3.63, 3.8) is 0 Å². The van der Waals surface area contributed by atoms with Gasteiger partial charge in [0.25, 0.3) is 0 Å². The van der Waals surface area contributed by atoms with Crippen LogP contribution >= 0.6 is 0 Å². The molecule has 0 fully saturated rings. The van der Waals surface area contributed by atoms with E-state index >= 15 is 0 Å². The molecule has 1 atom stereocenters. The van der Waals surface area contributed by atoms with E-state index in [1.165, 1.54) is 0 Å². The van der Waals surface area contributed by atoms with Crippen LogP contribution in [0, 0.1) is 5.92 Å². The largest absolute Gasteiger partial charge is 0.496 e. The molecule has 0 heterocycles. The highest BCUT2D eigenvalue weighted by Crippen LogP contribution is 2.21. The molecule has 0 radical (unpaired) electrons. The fourth-order valence-electron chi connectivity index (χ4n) is 2.10. The molecular weight excluding hydrogens is 256 g/mol. The Kier molecular flexibility index (Phi) is 6.77. The molecule has 0 aliphatic heterocycles. The van der Waals surface area contributed by atoms with E-state index in [0.717, 1.165) is 12.0 Å². The number of ether oxygens (including phenoxy) is 2. The lowest BCUT2D eigenvalue weighted by Gasteiger charge is -2.14. The van der Waals surface area contributed by atoms with Crippen LogP contribution < -0.4 is 4.74 Å². The van der Waals surface area contributed by atoms with Crippen LogP contribution in [0.25, 0.3) is 0 Å². The first-order chi connectivity index (χ1) is 9.63. The average molecular weight is 278 g/mol. The highest BCUT2D eigenvalue weighted by molar-refractivity contribution is 6.00. The molecule has 0 saturated carbocycles. The molecule has 0 aliphatic carbocycles. The first kappa shape index (κ1) is 16.2. The lowest BCUT2D eigenvalue weighted by Crippen LogP contribution is -2.27. The lowest BCUT2D eigenvalue weighted by molar-refractivity contribution is -0.151. The molecule has 0 aliphatic rings. The van der Waals surface area contributed by atoms with Gasteiger partial charge in [0, 0.05) is 12.0 Å². The van der Waals surface area contributed by atoms with Gasteiger partial charge in [-0.1, -0.05) is 31.5 Å². The fourth-order valence-corrected chi connectivity index (χ4v) is 2.10. The number of hydrogen-bond donors (Lipinski definition) is 0. The van der Waals surface area contributed by atoms with Crippen molar-refractivity contribution in [2.75, 3.05) is 13.7 Å². The van der Waals surface area contributed by atoms with E-state index in [1.807, 2.05) is 31.2 Å². The predicted molar refractivity (Wildman–Crippen MR) is 76.7 cm³/mol. The van der Waals surface area contributed by atoms with Gasteiger partial charge in [-0.05, 0) is 19.4 Å². The van der Waals surface area contributed by atoms with Crippen LogP contribution in [0.5, 0.6) is 5.75 Å². The summed E-state index contributed by atoms with van der Waals surface area (Å²) < 4.78 is 10.2. The number of rotatable bonds is 8. The van der Waals surface area contributed by atoms with Crippen molar-refractivity contribution in [3.8, 4) is 5.75 Å². The summed E-state index contributed by atoms with van der Waals surface area (Å²) >= 11 is 0. The molecule has 0 bridgehead atoms. The summed E-state index contributed by atoms with van der Waals surface area (Å²) in [5.41, 5.74) is 0.797. The van der Waals surface area contributed by atoms with Crippen molar-refractivity contribution >= 4 is 11.8 Å². The van der Waals surface area contributed by atoms with E-state index in [2.05, 4.69) is 0 Å². The van der Waals surface area contributed by atoms with Gasteiger partial charge >= 0.3 is 5.97 Å². The van der Waals surface area contributed by atoms with E-state index < -0.39 is 11.9 Å². The number of esters is 1. The monoisotopic (exact) mass is 278 g/mol. The number of carbonyl (C=O) groups is 2. The molecule has 1 aromatic rings. The second-order valence-corrected chi connectivity index (χ2v) is 4.55. The third kappa shape index (κ3) is 4.37. The van der Waals surface area contributed by atoms with Crippen molar-refractivity contribution in [2.45, 2.75) is 33.1 Å². The summed E-state index contributed by atoms with van der Waals surface area (Å²) in [4.78, 5) is 24.2. The van der Waals surface area contributed by atoms with Crippen LogP contribution in [-0.2, 0) is 20.7 Å². The van der Waals surface area contributed by atoms with E-state index in [1.54, 1.807) is 14.0 Å². The van der Waals surface area contributed by atoms with Crippen LogP contribution in [-0.4, -0.2) is 25.5 Å². The van der Waals surface area contributed by atoms with E-state index in [-0.39, 0.29) is 12.2 Å². The standard InChI is InChI=1S/C16H22O4/c1-4-8-13(16(18)20-5-2)14(17)11-12-9-6-7-10-15(12)19-3/h6-7,9-10,13H,4-5,8,11H2,1-3H3. The van der Waals surface area contributed by atoms with E-state index in [9.17, 15) is 9.59 Å². The Bertz CT molecular complexity index is 454. The highest BCUT2D eigenvalue weighted by atomic mass is 16.5. The third-order valence-corrected chi connectivity index (χ3v) is 3.09. The van der Waals surface area contributed by atoms with Crippen molar-refractivity contribution in [1.29, 1.82) is 0 Å². The van der Waals surface area contributed by atoms with Crippen molar-refractivity contribution in [2.24, 2.45) is 5.92 Å². The number of benzene rings is 1. The molecule has 20 heavy (non-hydrogen) atoms. The van der Waals surface area contributed by atoms with Gasteiger partial charge in [-0.15, -0.1) is 0 Å². The molecule has 1 unspecified atom stereocenters. The smallest absolute Gasteiger partial charge is 0.316 e. The van der Waals surface area contributed by atoms with Gasteiger partial charge in [0.05, 0.1) is 13.7 Å². The number of carbonyl (C=O) groups excluding carboxylic acids is 2. The first-order valence-electron chi connectivity index (χ1n) is 6.95. The molecule has 110 valence electrons. The topological polar surface area (TPSA) is 52.6 Å². The highest BCUT2D eigenvalue weighted by Gasteiger charge is 2.27. The summed E-state index contributed by atoms with van der Waals surface area (Å²) in [6.45, 7) is 3.98. The Labute approximate surface area is 120 Å². The van der Waals surface area contributed by atoms with Gasteiger partial charge in [0.1, 0.15) is 11.7 Å². The van der Waals surface area contributed by atoms with Gasteiger partial charge < -0.3 is 9.47 Å². The van der Waals surface area contributed by atoms with E-state index in [4.69, 9.17) is 9.47 Å². The first-order valence-corrected chi connectivity index (χ1v) is 6.95. The second-order valence-electron chi connectivity index (χ2n) is 4.55. The van der Waals surface area contributed by atoms with Crippen LogP contribution in [0.3, 0.4) is 0 Å². The summed E-state index contributed by atoms with van der Waals surface area (Å²) in [6.07, 6.45) is 1.47. The maximum Gasteiger partial charge on any atom is 0.316 e. The zero-order chi connectivity index (χ0) is 15.0. The summed E-state index contributed by atoms with van der Waals surface area (Å²) in [5, 5.41) is 0. The Morgan fingerprint density at radius 1 is 1.20 bits per heavy atom. The third-order valence-electron chi connectivity index (χ3n) is 3.09. The number of hydrogen-bond acceptors (Lipinski definition) is 4. The summed E-state index contributed by atoms with van der Waals surface area (Å²) in [6, 6.07) is 7.35. The molecule has 0 N–H and O–H groups in total. The Morgan fingerprint density at radius 3 is 2.50 bits per heavy atom. The number of ketones is 1. The Balaban J connectivity index is 2.82. The number of para-hydroxylation sites is 1. The Morgan fingerprint density at radius 2 is 1.90 bits per heavy atom.